The van der Waals surface area contributed by atoms with Gasteiger partial charge in [0.1, 0.15) is 11.6 Å². The molecule has 2 aromatic rings. The Balaban J connectivity index is 2.55. The van der Waals surface area contributed by atoms with Gasteiger partial charge in [0.2, 0.25) is 0 Å². The highest BCUT2D eigenvalue weighted by atomic mass is 16.3. The summed E-state index contributed by atoms with van der Waals surface area (Å²) in [5, 5.41) is 0. The molecule has 0 aliphatic heterocycles. The third kappa shape index (κ3) is 2.38. The minimum atomic E-state index is 0.391. The van der Waals surface area contributed by atoms with E-state index in [1.807, 2.05) is 18.2 Å². The van der Waals surface area contributed by atoms with Gasteiger partial charge in [-0.25, -0.2) is 4.98 Å². The number of furan rings is 1. The molecule has 18 heavy (non-hydrogen) atoms. The summed E-state index contributed by atoms with van der Waals surface area (Å²) < 4.78 is 5.40. The largest absolute Gasteiger partial charge is 0.464 e. The lowest BCUT2D eigenvalue weighted by atomic mass is 10.0. The molecule has 92 valence electrons. The summed E-state index contributed by atoms with van der Waals surface area (Å²) >= 11 is 0. The molecule has 2 rings (SSSR count). The second-order valence-corrected chi connectivity index (χ2v) is 4.64. The van der Waals surface area contributed by atoms with Gasteiger partial charge in [0.15, 0.2) is 0 Å². The second-order valence-electron chi connectivity index (χ2n) is 4.64. The number of nitrogens with zero attached hydrogens (tertiary/aromatic N) is 1. The average molecular weight is 240 g/mol. The lowest BCUT2D eigenvalue weighted by molar-refractivity contribution is 0.581. The molecule has 0 aliphatic rings. The molecule has 2 N–H and O–H groups in total. The predicted octanol–water partition coefficient (Wildman–Crippen LogP) is 3.10. The minimum absolute atomic E-state index is 0.391. The van der Waals surface area contributed by atoms with Crippen LogP contribution in [0.1, 0.15) is 25.1 Å². The first kappa shape index (κ1) is 12.3. The van der Waals surface area contributed by atoms with Crippen LogP contribution in [0.2, 0.25) is 0 Å². The first-order valence-electron chi connectivity index (χ1n) is 5.91. The van der Waals surface area contributed by atoms with E-state index in [0.717, 1.165) is 23.4 Å². The summed E-state index contributed by atoms with van der Waals surface area (Å²) in [4.78, 5) is 4.35. The van der Waals surface area contributed by atoms with Crippen LogP contribution in [0, 0.1) is 18.3 Å². The number of aromatic nitrogens is 1. The Kier molecular flexibility index (Phi) is 3.38. The van der Waals surface area contributed by atoms with Gasteiger partial charge < -0.3 is 10.2 Å². The van der Waals surface area contributed by atoms with Crippen molar-refractivity contribution >= 4 is 5.82 Å². The summed E-state index contributed by atoms with van der Waals surface area (Å²) in [5.74, 6) is 4.21. The number of nitrogens with two attached hydrogens (primary N) is 1. The fourth-order valence-corrected chi connectivity index (χ4v) is 1.92. The highest BCUT2D eigenvalue weighted by Crippen LogP contribution is 2.28. The zero-order valence-electron chi connectivity index (χ0n) is 10.6. The lowest BCUT2D eigenvalue weighted by Crippen LogP contribution is -2.04. The van der Waals surface area contributed by atoms with Crippen LogP contribution in [-0.2, 0) is 6.42 Å². The van der Waals surface area contributed by atoms with Gasteiger partial charge in [0.25, 0.3) is 0 Å². The van der Waals surface area contributed by atoms with E-state index in [2.05, 4.69) is 24.8 Å². The van der Waals surface area contributed by atoms with Crippen LogP contribution in [-0.4, -0.2) is 4.98 Å². The number of hydrogen-bond donors (Lipinski definition) is 1. The van der Waals surface area contributed by atoms with Crippen molar-refractivity contribution in [2.45, 2.75) is 20.3 Å². The van der Waals surface area contributed by atoms with E-state index in [4.69, 9.17) is 16.6 Å². The third-order valence-corrected chi connectivity index (χ3v) is 2.65. The Morgan fingerprint density at radius 2 is 2.28 bits per heavy atom. The van der Waals surface area contributed by atoms with Gasteiger partial charge in [-0.1, -0.05) is 19.8 Å². The molecule has 3 nitrogen and oxygen atoms in total. The maximum Gasteiger partial charge on any atom is 0.140 e. The minimum Gasteiger partial charge on any atom is -0.464 e. The summed E-state index contributed by atoms with van der Waals surface area (Å²) in [6, 6.07) is 5.66. The van der Waals surface area contributed by atoms with E-state index in [0.29, 0.717) is 17.3 Å². The van der Waals surface area contributed by atoms with Crippen molar-refractivity contribution in [3.63, 3.8) is 0 Å². The monoisotopic (exact) mass is 240 g/mol. The third-order valence-electron chi connectivity index (χ3n) is 2.65. The fraction of sp³-hybridized carbons (Fsp3) is 0.267. The van der Waals surface area contributed by atoms with Crippen LogP contribution >= 0.6 is 0 Å². The van der Waals surface area contributed by atoms with Gasteiger partial charge in [-0.2, -0.15) is 0 Å². The van der Waals surface area contributed by atoms with Crippen LogP contribution in [0.3, 0.4) is 0 Å². The maximum atomic E-state index is 5.92. The molecule has 0 saturated carbocycles. The number of anilines is 1. The van der Waals surface area contributed by atoms with E-state index in [1.54, 1.807) is 6.26 Å². The number of rotatable bonds is 3. The van der Waals surface area contributed by atoms with Crippen molar-refractivity contribution in [2.75, 3.05) is 5.73 Å². The fourth-order valence-electron chi connectivity index (χ4n) is 1.92. The Morgan fingerprint density at radius 3 is 2.83 bits per heavy atom. The highest BCUT2D eigenvalue weighted by Gasteiger charge is 2.13. The normalized spacial score (nSPS) is 10.6. The van der Waals surface area contributed by atoms with E-state index in [-0.39, 0.29) is 0 Å². The zero-order chi connectivity index (χ0) is 13.1. The van der Waals surface area contributed by atoms with Crippen molar-refractivity contribution in [3.05, 3.63) is 35.7 Å². The van der Waals surface area contributed by atoms with Crippen LogP contribution in [0.4, 0.5) is 5.82 Å². The van der Waals surface area contributed by atoms with Gasteiger partial charge in [-0.3, -0.25) is 0 Å². The highest BCUT2D eigenvalue weighted by molar-refractivity contribution is 5.73. The van der Waals surface area contributed by atoms with Gasteiger partial charge in [-0.15, -0.1) is 6.42 Å². The molecule has 0 unspecified atom stereocenters. The molecule has 0 aliphatic carbocycles. The average Bonchev–Trinajstić information content (AvgIpc) is 2.80. The molecule has 0 amide bonds. The maximum absolute atomic E-state index is 5.92. The van der Waals surface area contributed by atoms with Gasteiger partial charge in [0.05, 0.1) is 11.8 Å². The number of pyridine rings is 1. The first-order chi connectivity index (χ1) is 8.61. The molecule has 0 bridgehead atoms. The van der Waals surface area contributed by atoms with Crippen molar-refractivity contribution in [2.24, 2.45) is 5.92 Å². The van der Waals surface area contributed by atoms with Gasteiger partial charge in [0, 0.05) is 11.3 Å². The van der Waals surface area contributed by atoms with Crippen LogP contribution in [0.5, 0.6) is 0 Å². The first-order valence-corrected chi connectivity index (χ1v) is 5.91. The Labute approximate surface area is 107 Å². The van der Waals surface area contributed by atoms with Crippen molar-refractivity contribution in [1.29, 1.82) is 0 Å². The smallest absolute Gasteiger partial charge is 0.140 e. The molecule has 0 saturated heterocycles. The van der Waals surface area contributed by atoms with E-state index in [1.165, 1.54) is 0 Å². The van der Waals surface area contributed by atoms with Gasteiger partial charge in [-0.05, 0) is 30.5 Å². The summed E-state index contributed by atoms with van der Waals surface area (Å²) in [6.07, 6.45) is 7.98. The standard InChI is InChI=1S/C15H16N2O/c1-4-12-13(14-6-5-7-18-14)9-11(8-10(2)3)17-15(12)16/h1,5-7,9-10H,8H2,2-3H3,(H2,16,17). The van der Waals surface area contributed by atoms with Crippen LogP contribution in [0.25, 0.3) is 11.3 Å². The Hall–Kier alpha value is -2.21. The topological polar surface area (TPSA) is 52.0 Å². The summed E-state index contributed by atoms with van der Waals surface area (Å²) in [6.45, 7) is 4.28. The molecule has 3 heteroatoms. The van der Waals surface area contributed by atoms with Crippen LogP contribution < -0.4 is 5.73 Å². The van der Waals surface area contributed by atoms with Gasteiger partial charge >= 0.3 is 0 Å². The zero-order valence-corrected chi connectivity index (χ0v) is 10.6. The molecule has 0 radical (unpaired) electrons. The van der Waals surface area contributed by atoms with E-state index in [9.17, 15) is 0 Å². The van der Waals surface area contributed by atoms with E-state index < -0.39 is 0 Å². The van der Waals surface area contributed by atoms with E-state index >= 15 is 0 Å². The van der Waals surface area contributed by atoms with Crippen LogP contribution in [0.15, 0.2) is 28.9 Å². The summed E-state index contributed by atoms with van der Waals surface area (Å²) in [7, 11) is 0. The molecule has 2 aromatic heterocycles. The molecule has 0 atom stereocenters. The molecule has 0 fully saturated rings. The molecule has 0 spiro atoms. The molecule has 2 heterocycles. The molecule has 0 aromatic carbocycles. The molecular weight excluding hydrogens is 224 g/mol. The van der Waals surface area contributed by atoms with Crippen molar-refractivity contribution in [1.82, 2.24) is 4.98 Å². The van der Waals surface area contributed by atoms with Crippen molar-refractivity contribution in [3.8, 4) is 23.7 Å². The number of nitrogen functional groups attached to an aromatic ring is 1. The predicted molar refractivity (Wildman–Crippen MR) is 72.8 cm³/mol. The molecular formula is C15H16N2O. The SMILES string of the molecule is C#Cc1c(-c2ccco2)cc(CC(C)C)nc1N. The quantitative estimate of drug-likeness (QED) is 0.839. The Morgan fingerprint density at radius 1 is 1.50 bits per heavy atom. The number of hydrogen-bond acceptors (Lipinski definition) is 3. The summed E-state index contributed by atoms with van der Waals surface area (Å²) in [5.41, 5.74) is 8.29. The lowest BCUT2D eigenvalue weighted by Gasteiger charge is -2.10. The van der Waals surface area contributed by atoms with Crippen molar-refractivity contribution < 1.29 is 4.42 Å². The number of terminal acetylenes is 1. The second kappa shape index (κ2) is 4.97. The Bertz CT molecular complexity index is 577.